The van der Waals surface area contributed by atoms with Crippen molar-refractivity contribution in [3.05, 3.63) is 0 Å². The van der Waals surface area contributed by atoms with E-state index in [-0.39, 0.29) is 100 Å². The first-order valence-electron chi connectivity index (χ1n) is 24.8. The molecule has 5 fully saturated rings. The van der Waals surface area contributed by atoms with Gasteiger partial charge in [-0.1, -0.05) is 0 Å². The molecular weight excluding hydrogens is 913 g/mol. The molecule has 4 N–H and O–H groups in total. The predicted molar refractivity (Wildman–Crippen MR) is 250 cm³/mol. The zero-order chi connectivity index (χ0) is 51.5. The van der Waals surface area contributed by atoms with Gasteiger partial charge in [-0.3, -0.25) is 28.8 Å². The number of rotatable bonds is 14. The molecule has 5 aliphatic rings. The molecule has 392 valence electrons. The van der Waals surface area contributed by atoms with Gasteiger partial charge >= 0.3 is 24.1 Å². The van der Waals surface area contributed by atoms with E-state index < -0.39 is 83.1 Å². The van der Waals surface area contributed by atoms with Crippen LogP contribution < -0.4 is 21.3 Å². The van der Waals surface area contributed by atoms with Gasteiger partial charge in [0.2, 0.25) is 35.4 Å². The van der Waals surface area contributed by atoms with Crippen LogP contribution in [0.15, 0.2) is 0 Å². The first-order chi connectivity index (χ1) is 32.9. The Bertz CT molecular complexity index is 1800. The van der Waals surface area contributed by atoms with Crippen molar-refractivity contribution in [2.24, 2.45) is 23.7 Å². The Morgan fingerprint density at radius 3 is 1.20 bits per heavy atom. The van der Waals surface area contributed by atoms with Gasteiger partial charge in [-0.05, 0) is 105 Å². The number of ether oxygens (including phenoxy) is 4. The molecule has 22 heteroatoms. The quantitative estimate of drug-likeness (QED) is 0.142. The highest BCUT2D eigenvalue weighted by Crippen LogP contribution is 2.34. The maximum absolute atomic E-state index is 13.8. The fourth-order valence-electron chi connectivity index (χ4n) is 10.1. The fourth-order valence-corrected chi connectivity index (χ4v) is 10.1. The van der Waals surface area contributed by atoms with Gasteiger partial charge in [0.05, 0.1) is 27.3 Å². The SMILES string of the molecule is COC(=O)C1CC(NC(=O)CN2CCC(=O)N(CC(=O)NC3CC(C(=O)OC)N(C(=O)C4CCC(CNC(=O)OC(C)(C)C)CC4)C3)CCC2=O)CN1C(=O)C1CCC(CNC(=O)OC(C)(C)C)CC1. The van der Waals surface area contributed by atoms with Crippen LogP contribution in [0.2, 0.25) is 0 Å². The Kier molecular flexibility index (Phi) is 19.3. The highest BCUT2D eigenvalue weighted by Gasteiger charge is 2.45. The molecule has 0 radical (unpaired) electrons. The first kappa shape index (κ1) is 55.2. The molecule has 3 aliphatic heterocycles. The molecule has 3 heterocycles. The first-order valence-corrected chi connectivity index (χ1v) is 24.8. The predicted octanol–water partition coefficient (Wildman–Crippen LogP) is 1.62. The Morgan fingerprint density at radius 1 is 0.543 bits per heavy atom. The Balaban J connectivity index is 1.05. The average Bonchev–Trinajstić information content (AvgIpc) is 3.92. The normalized spacial score (nSPS) is 26.6. The lowest BCUT2D eigenvalue weighted by Gasteiger charge is -2.32. The number of carbonyl (C=O) groups excluding carboxylic acids is 10. The summed E-state index contributed by atoms with van der Waals surface area (Å²) in [7, 11) is 2.48. The molecule has 3 saturated heterocycles. The second kappa shape index (κ2) is 24.4. The molecular formula is C48H76N8O14. The van der Waals surface area contributed by atoms with E-state index in [0.717, 1.165) is 0 Å². The standard InChI is InChI=1S/C48H76N8O14/c1-47(2,3)69-45(65)49-23-29-9-13-31(14-10-29)41(61)55-25-33(21-35(55)43(63)67-7)51-37(57)27-53-19-17-40(60)54(20-18-39(53)59)28-38(58)52-34-22-36(44(64)68-8)56(26-34)42(62)32-15-11-30(12-16-32)24-50-46(66)70-48(4,5)6/h29-36H,9-28H2,1-8H3,(H,49,65)(H,50,66)(H,51,57)(H,52,58). The molecule has 0 aromatic rings. The van der Waals surface area contributed by atoms with E-state index >= 15 is 0 Å². The van der Waals surface area contributed by atoms with Crippen LogP contribution in [0.5, 0.6) is 0 Å². The summed E-state index contributed by atoms with van der Waals surface area (Å²) in [6.07, 6.45) is 4.03. The largest absolute Gasteiger partial charge is 0.467 e. The Morgan fingerprint density at radius 2 is 0.886 bits per heavy atom. The van der Waals surface area contributed by atoms with Crippen molar-refractivity contribution >= 4 is 59.6 Å². The molecule has 0 aromatic heterocycles. The van der Waals surface area contributed by atoms with Gasteiger partial charge in [0, 0.05) is 88.9 Å². The minimum Gasteiger partial charge on any atom is -0.467 e. The van der Waals surface area contributed by atoms with Crippen molar-refractivity contribution in [3.63, 3.8) is 0 Å². The molecule has 22 nitrogen and oxygen atoms in total. The lowest BCUT2D eigenvalue weighted by molar-refractivity contribution is -0.152. The van der Waals surface area contributed by atoms with E-state index in [0.29, 0.717) is 64.5 Å². The average molecular weight is 989 g/mol. The third-order valence-corrected chi connectivity index (χ3v) is 13.7. The van der Waals surface area contributed by atoms with E-state index in [1.165, 1.54) is 33.8 Å². The monoisotopic (exact) mass is 989 g/mol. The minimum atomic E-state index is -0.901. The van der Waals surface area contributed by atoms with Crippen molar-refractivity contribution in [3.8, 4) is 0 Å². The van der Waals surface area contributed by atoms with Gasteiger partial charge in [0.15, 0.2) is 0 Å². The molecule has 0 bridgehead atoms. The number of esters is 2. The summed E-state index contributed by atoms with van der Waals surface area (Å²) >= 11 is 0. The molecule has 5 rings (SSSR count). The summed E-state index contributed by atoms with van der Waals surface area (Å²) in [5.74, 6) is -3.78. The second-order valence-corrected chi connectivity index (χ2v) is 21.4. The van der Waals surface area contributed by atoms with Crippen molar-refractivity contribution in [2.75, 3.05) is 66.6 Å². The van der Waals surface area contributed by atoms with Crippen LogP contribution in [0.25, 0.3) is 0 Å². The van der Waals surface area contributed by atoms with E-state index in [1.54, 1.807) is 41.5 Å². The van der Waals surface area contributed by atoms with Crippen molar-refractivity contribution in [2.45, 2.75) is 154 Å². The number of hydrogen-bond donors (Lipinski definition) is 4. The number of hydrogen-bond acceptors (Lipinski definition) is 14. The summed E-state index contributed by atoms with van der Waals surface area (Å²) in [6, 6.07) is -2.99. The summed E-state index contributed by atoms with van der Waals surface area (Å²) in [4.78, 5) is 136. The number of methoxy groups -OCH3 is 2. The lowest BCUT2D eigenvalue weighted by atomic mass is 9.81. The third kappa shape index (κ3) is 16.2. The van der Waals surface area contributed by atoms with Gasteiger partial charge in [0.25, 0.3) is 0 Å². The number of nitrogens with one attached hydrogen (secondary N) is 4. The maximum Gasteiger partial charge on any atom is 0.407 e. The van der Waals surface area contributed by atoms with Crippen LogP contribution in [0.1, 0.15) is 119 Å². The van der Waals surface area contributed by atoms with E-state index in [2.05, 4.69) is 21.3 Å². The molecule has 2 saturated carbocycles. The molecule has 8 amide bonds. The van der Waals surface area contributed by atoms with E-state index in [4.69, 9.17) is 18.9 Å². The zero-order valence-electron chi connectivity index (χ0n) is 42.3. The number of carbonyl (C=O) groups is 10. The second-order valence-electron chi connectivity index (χ2n) is 21.4. The van der Waals surface area contributed by atoms with Crippen LogP contribution in [-0.4, -0.2) is 181 Å². The molecule has 0 spiro atoms. The van der Waals surface area contributed by atoms with E-state index in [9.17, 15) is 47.9 Å². The zero-order valence-corrected chi connectivity index (χ0v) is 42.3. The van der Waals surface area contributed by atoms with Crippen LogP contribution in [-0.2, 0) is 57.3 Å². The smallest absolute Gasteiger partial charge is 0.407 e. The Hall–Kier alpha value is -5.70. The Labute approximate surface area is 410 Å². The van der Waals surface area contributed by atoms with Gasteiger partial charge < -0.3 is 59.8 Å². The highest BCUT2D eigenvalue weighted by molar-refractivity contribution is 5.91. The molecule has 0 aromatic carbocycles. The van der Waals surface area contributed by atoms with Crippen LogP contribution in [0.4, 0.5) is 9.59 Å². The number of likely N-dealkylation sites (tertiary alicyclic amines) is 2. The van der Waals surface area contributed by atoms with Crippen LogP contribution in [0, 0.1) is 23.7 Å². The van der Waals surface area contributed by atoms with Gasteiger partial charge in [-0.2, -0.15) is 0 Å². The summed E-state index contributed by atoms with van der Waals surface area (Å²) in [6.45, 7) is 10.9. The van der Waals surface area contributed by atoms with Crippen LogP contribution >= 0.6 is 0 Å². The van der Waals surface area contributed by atoms with Crippen LogP contribution in [0.3, 0.4) is 0 Å². The van der Waals surface area contributed by atoms with E-state index in [1.807, 2.05) is 0 Å². The topological polar surface area (TPSA) is 269 Å². The maximum atomic E-state index is 13.8. The molecule has 70 heavy (non-hydrogen) atoms. The van der Waals surface area contributed by atoms with Gasteiger partial charge in [-0.25, -0.2) is 19.2 Å². The van der Waals surface area contributed by atoms with Crippen molar-refractivity contribution < 1.29 is 66.9 Å². The molecule has 4 atom stereocenters. The van der Waals surface area contributed by atoms with Crippen molar-refractivity contribution in [1.29, 1.82) is 0 Å². The molecule has 2 aliphatic carbocycles. The van der Waals surface area contributed by atoms with Gasteiger partial charge in [0.1, 0.15) is 23.3 Å². The summed E-state index contributed by atoms with van der Waals surface area (Å²) in [5, 5.41) is 11.3. The minimum absolute atomic E-state index is 0.0748. The van der Waals surface area contributed by atoms with Crippen molar-refractivity contribution in [1.82, 2.24) is 40.9 Å². The third-order valence-electron chi connectivity index (χ3n) is 13.7. The highest BCUT2D eigenvalue weighted by atomic mass is 16.6. The number of alkyl carbamates (subject to hydrolysis) is 2. The van der Waals surface area contributed by atoms with Gasteiger partial charge in [-0.15, -0.1) is 0 Å². The number of amides is 8. The number of nitrogens with zero attached hydrogens (tertiary/aromatic N) is 4. The molecule has 4 unspecified atom stereocenters. The fraction of sp³-hybridized carbons (Fsp3) is 0.792. The lowest BCUT2D eigenvalue weighted by Crippen LogP contribution is -2.50. The summed E-state index contributed by atoms with van der Waals surface area (Å²) < 4.78 is 20.7. The summed E-state index contributed by atoms with van der Waals surface area (Å²) in [5.41, 5.74) is -1.23.